The number of nitrogens with one attached hydrogen (secondary N) is 1. The zero-order valence-electron chi connectivity index (χ0n) is 10.7. The lowest BCUT2D eigenvalue weighted by molar-refractivity contribution is 0.535. The van der Waals surface area contributed by atoms with E-state index in [0.717, 1.165) is 25.1 Å². The largest absolute Gasteiger partial charge is 0.399 e. The van der Waals surface area contributed by atoms with Crippen molar-refractivity contribution in [3.8, 4) is 0 Å². The van der Waals surface area contributed by atoms with E-state index in [4.69, 9.17) is 5.73 Å². The highest BCUT2D eigenvalue weighted by Crippen LogP contribution is 2.32. The first kappa shape index (κ1) is 13.2. The van der Waals surface area contributed by atoms with Crippen LogP contribution in [0.25, 0.3) is 0 Å². The van der Waals surface area contributed by atoms with Crippen molar-refractivity contribution in [3.63, 3.8) is 0 Å². The summed E-state index contributed by atoms with van der Waals surface area (Å²) in [4.78, 5) is 1.43. The lowest BCUT2D eigenvalue weighted by Crippen LogP contribution is -2.21. The molecule has 19 heavy (non-hydrogen) atoms. The first-order chi connectivity index (χ1) is 9.22. The zero-order valence-corrected chi connectivity index (χ0v) is 13.1. The van der Waals surface area contributed by atoms with Gasteiger partial charge < -0.3 is 11.1 Å². The van der Waals surface area contributed by atoms with Crippen LogP contribution in [0.5, 0.6) is 0 Å². The van der Waals surface area contributed by atoms with Gasteiger partial charge in [0.05, 0.1) is 3.79 Å². The molecule has 0 bridgehead atoms. The van der Waals surface area contributed by atoms with Crippen LogP contribution in [0.4, 0.5) is 5.69 Å². The SMILES string of the molecule is Nc1ccc2c(c1)CCC2NCCc1ccc(Br)s1. The van der Waals surface area contributed by atoms with Crippen LogP contribution in [0, 0.1) is 0 Å². The van der Waals surface area contributed by atoms with E-state index < -0.39 is 0 Å². The van der Waals surface area contributed by atoms with Crippen LogP contribution < -0.4 is 11.1 Å². The fraction of sp³-hybridized carbons (Fsp3) is 0.333. The van der Waals surface area contributed by atoms with Crippen molar-refractivity contribution in [1.82, 2.24) is 5.32 Å². The molecule has 0 aliphatic heterocycles. The monoisotopic (exact) mass is 336 g/mol. The van der Waals surface area contributed by atoms with Gasteiger partial charge in [0.25, 0.3) is 0 Å². The Kier molecular flexibility index (Phi) is 3.91. The summed E-state index contributed by atoms with van der Waals surface area (Å²) in [6.45, 7) is 1.03. The Hall–Kier alpha value is -0.840. The van der Waals surface area contributed by atoms with E-state index in [1.807, 2.05) is 17.4 Å². The van der Waals surface area contributed by atoms with Gasteiger partial charge >= 0.3 is 0 Å². The number of nitrogens with two attached hydrogens (primary N) is 1. The molecule has 3 N–H and O–H groups in total. The zero-order chi connectivity index (χ0) is 13.2. The van der Waals surface area contributed by atoms with Crippen LogP contribution in [-0.4, -0.2) is 6.54 Å². The predicted octanol–water partition coefficient (Wildman–Crippen LogP) is 3.91. The van der Waals surface area contributed by atoms with Gasteiger partial charge in [-0.1, -0.05) is 6.07 Å². The molecule has 0 spiro atoms. The standard InChI is InChI=1S/C15H17BrN2S/c16-15-6-3-12(19-15)7-8-18-14-5-1-10-9-11(17)2-4-13(10)14/h2-4,6,9,14,18H,1,5,7-8,17H2. The fourth-order valence-electron chi connectivity index (χ4n) is 2.71. The van der Waals surface area contributed by atoms with Crippen LogP contribution >= 0.6 is 27.3 Å². The number of rotatable bonds is 4. The van der Waals surface area contributed by atoms with Crippen LogP contribution in [0.15, 0.2) is 34.1 Å². The number of halogens is 1. The molecule has 0 radical (unpaired) electrons. The molecular weight excluding hydrogens is 320 g/mol. The third-order valence-corrected chi connectivity index (χ3v) is 5.32. The molecule has 1 heterocycles. The van der Waals surface area contributed by atoms with E-state index >= 15 is 0 Å². The number of benzene rings is 1. The molecule has 2 nitrogen and oxygen atoms in total. The summed E-state index contributed by atoms with van der Waals surface area (Å²) in [6.07, 6.45) is 3.42. The third-order valence-electron chi connectivity index (χ3n) is 3.64. The Balaban J connectivity index is 1.58. The van der Waals surface area contributed by atoms with Gasteiger partial charge in [-0.05, 0) is 70.6 Å². The number of thiophene rings is 1. The maximum absolute atomic E-state index is 5.83. The van der Waals surface area contributed by atoms with Crippen molar-refractivity contribution in [2.75, 3.05) is 12.3 Å². The second-order valence-corrected chi connectivity index (χ2v) is 7.51. The summed E-state index contributed by atoms with van der Waals surface area (Å²) in [7, 11) is 0. The molecule has 0 fully saturated rings. The predicted molar refractivity (Wildman–Crippen MR) is 85.6 cm³/mol. The molecule has 0 saturated carbocycles. The summed E-state index contributed by atoms with van der Waals surface area (Å²) in [5.74, 6) is 0. The van der Waals surface area contributed by atoms with Gasteiger partial charge in [0.2, 0.25) is 0 Å². The van der Waals surface area contributed by atoms with E-state index in [-0.39, 0.29) is 0 Å². The van der Waals surface area contributed by atoms with Crippen molar-refractivity contribution in [1.29, 1.82) is 0 Å². The molecule has 3 rings (SSSR count). The molecule has 1 aromatic heterocycles. The topological polar surface area (TPSA) is 38.0 Å². The molecule has 0 amide bonds. The number of aryl methyl sites for hydroxylation is 1. The lowest BCUT2D eigenvalue weighted by atomic mass is 10.1. The second kappa shape index (κ2) is 5.65. The third kappa shape index (κ3) is 3.02. The summed E-state index contributed by atoms with van der Waals surface area (Å²) in [6, 6.07) is 11.1. The van der Waals surface area contributed by atoms with Crippen LogP contribution in [-0.2, 0) is 12.8 Å². The molecule has 4 heteroatoms. The van der Waals surface area contributed by atoms with Crippen LogP contribution in [0.1, 0.15) is 28.5 Å². The van der Waals surface area contributed by atoms with Gasteiger partial charge in [0.15, 0.2) is 0 Å². The van der Waals surface area contributed by atoms with E-state index in [9.17, 15) is 0 Å². The molecule has 1 aliphatic rings. The highest BCUT2D eigenvalue weighted by molar-refractivity contribution is 9.11. The van der Waals surface area contributed by atoms with Crippen molar-refractivity contribution in [3.05, 3.63) is 50.1 Å². The molecule has 0 saturated heterocycles. The van der Waals surface area contributed by atoms with Crippen molar-refractivity contribution < 1.29 is 0 Å². The summed E-state index contributed by atoms with van der Waals surface area (Å²) < 4.78 is 1.21. The van der Waals surface area contributed by atoms with Gasteiger partial charge in [-0.15, -0.1) is 11.3 Å². The van der Waals surface area contributed by atoms with Gasteiger partial charge in [0, 0.05) is 23.2 Å². The van der Waals surface area contributed by atoms with Crippen molar-refractivity contribution in [2.24, 2.45) is 0 Å². The fourth-order valence-corrected chi connectivity index (χ4v) is 4.19. The quantitative estimate of drug-likeness (QED) is 0.830. The minimum Gasteiger partial charge on any atom is -0.399 e. The number of hydrogen-bond donors (Lipinski definition) is 2. The van der Waals surface area contributed by atoms with Crippen LogP contribution in [0.3, 0.4) is 0 Å². The second-order valence-electron chi connectivity index (χ2n) is 4.96. The Bertz CT molecular complexity index is 579. The Morgan fingerprint density at radius 3 is 3.00 bits per heavy atom. The number of hydrogen-bond acceptors (Lipinski definition) is 3. The molecule has 1 atom stereocenters. The molecule has 100 valence electrons. The summed E-state index contributed by atoms with van der Waals surface area (Å²) in [5, 5.41) is 3.67. The average molecular weight is 337 g/mol. The van der Waals surface area contributed by atoms with Gasteiger partial charge in [-0.3, -0.25) is 0 Å². The number of nitrogen functional groups attached to an aromatic ring is 1. The van der Waals surface area contributed by atoms with Crippen LogP contribution in [0.2, 0.25) is 0 Å². The maximum atomic E-state index is 5.83. The Morgan fingerprint density at radius 2 is 2.21 bits per heavy atom. The lowest BCUT2D eigenvalue weighted by Gasteiger charge is -2.13. The molecule has 1 aromatic carbocycles. The molecule has 1 unspecified atom stereocenters. The summed E-state index contributed by atoms with van der Waals surface area (Å²) >= 11 is 5.32. The van der Waals surface area contributed by atoms with Crippen molar-refractivity contribution >= 4 is 33.0 Å². The first-order valence-electron chi connectivity index (χ1n) is 6.58. The van der Waals surface area contributed by atoms with E-state index in [1.54, 1.807) is 0 Å². The molecule has 2 aromatic rings. The molecular formula is C15H17BrN2S. The summed E-state index contributed by atoms with van der Waals surface area (Å²) in [5.41, 5.74) is 9.55. The normalized spacial score (nSPS) is 17.6. The highest BCUT2D eigenvalue weighted by atomic mass is 79.9. The number of anilines is 1. The maximum Gasteiger partial charge on any atom is 0.0701 e. The van der Waals surface area contributed by atoms with Gasteiger partial charge in [-0.25, -0.2) is 0 Å². The number of fused-ring (bicyclic) bond motifs is 1. The van der Waals surface area contributed by atoms with E-state index in [1.165, 1.54) is 26.2 Å². The van der Waals surface area contributed by atoms with E-state index in [2.05, 4.69) is 45.5 Å². The van der Waals surface area contributed by atoms with Crippen molar-refractivity contribution in [2.45, 2.75) is 25.3 Å². The molecule has 1 aliphatic carbocycles. The Morgan fingerprint density at radius 1 is 1.32 bits per heavy atom. The van der Waals surface area contributed by atoms with Gasteiger partial charge in [-0.2, -0.15) is 0 Å². The Labute approximate surface area is 126 Å². The minimum absolute atomic E-state index is 0.499. The smallest absolute Gasteiger partial charge is 0.0701 e. The highest BCUT2D eigenvalue weighted by Gasteiger charge is 2.21. The first-order valence-corrected chi connectivity index (χ1v) is 8.19. The minimum atomic E-state index is 0.499. The average Bonchev–Trinajstić information content (AvgIpc) is 2.96. The van der Waals surface area contributed by atoms with E-state index in [0.29, 0.717) is 6.04 Å². The van der Waals surface area contributed by atoms with Gasteiger partial charge in [0.1, 0.15) is 0 Å².